The molecule has 1 unspecified atom stereocenters. The van der Waals surface area contributed by atoms with Crippen LogP contribution in [-0.2, 0) is 9.53 Å². The maximum atomic E-state index is 12.1. The van der Waals surface area contributed by atoms with Crippen LogP contribution in [0.1, 0.15) is 30.1 Å². The van der Waals surface area contributed by atoms with E-state index in [2.05, 4.69) is 10.2 Å². The molecule has 0 bridgehead atoms. The van der Waals surface area contributed by atoms with Crippen molar-refractivity contribution in [2.24, 2.45) is 5.92 Å². The van der Waals surface area contributed by atoms with Crippen molar-refractivity contribution in [3.05, 3.63) is 29.8 Å². The molecule has 1 fully saturated rings. The molecular formula is C17H24N2O3. The summed E-state index contributed by atoms with van der Waals surface area (Å²) in [6.07, 6.45) is 1.62. The summed E-state index contributed by atoms with van der Waals surface area (Å²) in [7, 11) is 3.22. The number of hydrogen-bond donors (Lipinski definition) is 1. The van der Waals surface area contributed by atoms with Gasteiger partial charge in [-0.25, -0.2) is 0 Å². The summed E-state index contributed by atoms with van der Waals surface area (Å²) in [5, 5.41) is 2.96. The number of nitrogens with zero attached hydrogens (tertiary/aromatic N) is 1. The summed E-state index contributed by atoms with van der Waals surface area (Å²) in [6, 6.07) is 7.53. The molecule has 5 nitrogen and oxygen atoms in total. The van der Waals surface area contributed by atoms with Crippen molar-refractivity contribution < 1.29 is 14.3 Å². The van der Waals surface area contributed by atoms with Crippen LogP contribution in [0.2, 0.25) is 0 Å². The van der Waals surface area contributed by atoms with Crippen LogP contribution in [0.5, 0.6) is 0 Å². The van der Waals surface area contributed by atoms with Gasteiger partial charge in [0.05, 0.1) is 19.1 Å². The largest absolute Gasteiger partial charge is 0.469 e. The van der Waals surface area contributed by atoms with E-state index in [1.54, 1.807) is 7.05 Å². The molecule has 0 aromatic heterocycles. The molecule has 1 atom stereocenters. The molecule has 0 spiro atoms. The fraction of sp³-hybridized carbons (Fsp3) is 0.529. The van der Waals surface area contributed by atoms with Crippen LogP contribution in [0.25, 0.3) is 0 Å². The molecular weight excluding hydrogens is 280 g/mol. The minimum absolute atomic E-state index is 0.0126. The van der Waals surface area contributed by atoms with Gasteiger partial charge in [0.1, 0.15) is 0 Å². The molecule has 0 radical (unpaired) electrons. The lowest BCUT2D eigenvalue weighted by Crippen LogP contribution is -2.36. The van der Waals surface area contributed by atoms with Crippen LogP contribution >= 0.6 is 0 Å². The first-order valence-corrected chi connectivity index (χ1v) is 7.71. The van der Waals surface area contributed by atoms with Crippen LogP contribution in [0.15, 0.2) is 24.3 Å². The Morgan fingerprint density at radius 3 is 2.32 bits per heavy atom. The van der Waals surface area contributed by atoms with E-state index in [-0.39, 0.29) is 23.7 Å². The summed E-state index contributed by atoms with van der Waals surface area (Å²) in [5.74, 6) is -0.00123. The molecule has 0 aliphatic carbocycles. The zero-order chi connectivity index (χ0) is 16.1. The topological polar surface area (TPSA) is 58.6 Å². The summed E-state index contributed by atoms with van der Waals surface area (Å²) in [4.78, 5) is 25.9. The fourth-order valence-corrected chi connectivity index (χ4v) is 2.76. The van der Waals surface area contributed by atoms with Crippen LogP contribution in [-0.4, -0.2) is 45.0 Å². The first kappa shape index (κ1) is 16.5. The minimum atomic E-state index is -0.179. The number of piperidine rings is 1. The molecule has 2 rings (SSSR count). The Kier molecular flexibility index (Phi) is 5.55. The van der Waals surface area contributed by atoms with Gasteiger partial charge < -0.3 is 15.0 Å². The zero-order valence-electron chi connectivity index (χ0n) is 13.5. The van der Waals surface area contributed by atoms with Gasteiger partial charge in [-0.15, -0.1) is 0 Å². The van der Waals surface area contributed by atoms with Crippen molar-refractivity contribution in [3.8, 4) is 0 Å². The quantitative estimate of drug-likeness (QED) is 0.665. The average molecular weight is 304 g/mol. The van der Waals surface area contributed by atoms with E-state index in [1.165, 1.54) is 7.11 Å². The second-order valence-electron chi connectivity index (χ2n) is 5.71. The molecule has 1 N–H and O–H groups in total. The third-order valence-electron chi connectivity index (χ3n) is 4.37. The highest BCUT2D eigenvalue weighted by Crippen LogP contribution is 2.24. The van der Waals surface area contributed by atoms with Crippen LogP contribution in [0.4, 0.5) is 5.69 Å². The lowest BCUT2D eigenvalue weighted by molar-refractivity contribution is -0.146. The van der Waals surface area contributed by atoms with Gasteiger partial charge in [0.15, 0.2) is 5.78 Å². The van der Waals surface area contributed by atoms with E-state index in [0.29, 0.717) is 0 Å². The molecule has 1 aliphatic heterocycles. The maximum absolute atomic E-state index is 12.1. The molecule has 5 heteroatoms. The smallest absolute Gasteiger partial charge is 0.308 e. The van der Waals surface area contributed by atoms with Crippen LogP contribution < -0.4 is 10.2 Å². The standard InChI is InChI=1S/C17H24N2O3/c1-12(18-2)16(20)13-4-6-15(7-5-13)19-10-8-14(9-11-19)17(21)22-3/h4-7,12,14,18H,8-11H2,1-3H3. The Morgan fingerprint density at radius 2 is 1.82 bits per heavy atom. The molecule has 1 saturated heterocycles. The van der Waals surface area contributed by atoms with Gasteiger partial charge in [-0.2, -0.15) is 0 Å². The minimum Gasteiger partial charge on any atom is -0.469 e. The van der Waals surface area contributed by atoms with E-state index in [0.717, 1.165) is 37.2 Å². The van der Waals surface area contributed by atoms with Gasteiger partial charge in [-0.1, -0.05) is 0 Å². The Morgan fingerprint density at radius 1 is 1.23 bits per heavy atom. The number of carbonyl (C=O) groups is 2. The Balaban J connectivity index is 1.97. The lowest BCUT2D eigenvalue weighted by atomic mass is 9.96. The molecule has 1 aliphatic rings. The number of likely N-dealkylation sites (N-methyl/N-ethyl adjacent to an activating group) is 1. The predicted molar refractivity (Wildman–Crippen MR) is 86.2 cm³/mol. The number of methoxy groups -OCH3 is 1. The molecule has 0 amide bonds. The van der Waals surface area contributed by atoms with E-state index in [9.17, 15) is 9.59 Å². The number of esters is 1. The van der Waals surface area contributed by atoms with Crippen molar-refractivity contribution in [2.45, 2.75) is 25.8 Å². The van der Waals surface area contributed by atoms with Crippen LogP contribution in [0, 0.1) is 5.92 Å². The molecule has 1 aromatic rings. The number of ether oxygens (including phenoxy) is 1. The Hall–Kier alpha value is -1.88. The fourth-order valence-electron chi connectivity index (χ4n) is 2.76. The van der Waals surface area contributed by atoms with Crippen molar-refractivity contribution >= 4 is 17.4 Å². The van der Waals surface area contributed by atoms with Gasteiger partial charge in [0.25, 0.3) is 0 Å². The van der Waals surface area contributed by atoms with E-state index in [1.807, 2.05) is 31.2 Å². The second-order valence-corrected chi connectivity index (χ2v) is 5.71. The van der Waals surface area contributed by atoms with Crippen molar-refractivity contribution in [1.82, 2.24) is 5.32 Å². The van der Waals surface area contributed by atoms with E-state index >= 15 is 0 Å². The highest BCUT2D eigenvalue weighted by atomic mass is 16.5. The number of hydrogen-bond acceptors (Lipinski definition) is 5. The number of benzene rings is 1. The second kappa shape index (κ2) is 7.40. The third-order valence-corrected chi connectivity index (χ3v) is 4.37. The van der Waals surface area contributed by atoms with Gasteiger partial charge in [0, 0.05) is 24.3 Å². The highest BCUT2D eigenvalue weighted by Gasteiger charge is 2.25. The predicted octanol–water partition coefficient (Wildman–Crippen LogP) is 1.87. The Bertz CT molecular complexity index is 519. The summed E-state index contributed by atoms with van der Waals surface area (Å²) >= 11 is 0. The number of rotatable bonds is 5. The van der Waals surface area contributed by atoms with Crippen molar-refractivity contribution in [1.29, 1.82) is 0 Å². The van der Waals surface area contributed by atoms with E-state index < -0.39 is 0 Å². The molecule has 0 saturated carbocycles. The molecule has 1 heterocycles. The normalized spacial score (nSPS) is 17.1. The van der Waals surface area contributed by atoms with Gasteiger partial charge in [-0.3, -0.25) is 9.59 Å². The first-order valence-electron chi connectivity index (χ1n) is 7.71. The summed E-state index contributed by atoms with van der Waals surface area (Å²) in [6.45, 7) is 3.52. The third kappa shape index (κ3) is 3.65. The SMILES string of the molecule is CNC(C)C(=O)c1ccc(N2CCC(C(=O)OC)CC2)cc1. The van der Waals surface area contributed by atoms with Gasteiger partial charge >= 0.3 is 5.97 Å². The molecule has 22 heavy (non-hydrogen) atoms. The van der Waals surface area contributed by atoms with Crippen molar-refractivity contribution in [2.75, 3.05) is 32.1 Å². The number of carbonyl (C=O) groups excluding carboxylic acids is 2. The lowest BCUT2D eigenvalue weighted by Gasteiger charge is -2.32. The number of ketones is 1. The highest BCUT2D eigenvalue weighted by molar-refractivity contribution is 6.00. The molecule has 120 valence electrons. The monoisotopic (exact) mass is 304 g/mol. The van der Waals surface area contributed by atoms with Crippen LogP contribution in [0.3, 0.4) is 0 Å². The number of Topliss-reactive ketones (excluding diaryl/α,β-unsaturated/α-hetero) is 1. The Labute approximate surface area is 131 Å². The average Bonchev–Trinajstić information content (AvgIpc) is 2.60. The zero-order valence-corrected chi connectivity index (χ0v) is 13.5. The summed E-state index contributed by atoms with van der Waals surface area (Å²) < 4.78 is 4.80. The van der Waals surface area contributed by atoms with Crippen molar-refractivity contribution in [3.63, 3.8) is 0 Å². The number of nitrogens with one attached hydrogen (secondary N) is 1. The van der Waals surface area contributed by atoms with E-state index in [4.69, 9.17) is 4.74 Å². The summed E-state index contributed by atoms with van der Waals surface area (Å²) in [5.41, 5.74) is 1.81. The van der Waals surface area contributed by atoms with Gasteiger partial charge in [-0.05, 0) is 51.1 Å². The van der Waals surface area contributed by atoms with Gasteiger partial charge in [0.2, 0.25) is 0 Å². The maximum Gasteiger partial charge on any atom is 0.308 e. The number of anilines is 1. The first-order chi connectivity index (χ1) is 10.6. The molecule has 1 aromatic carbocycles.